The predicted octanol–water partition coefficient (Wildman–Crippen LogP) is 1.36. The second-order valence-corrected chi connectivity index (χ2v) is 3.80. The summed E-state index contributed by atoms with van der Waals surface area (Å²) in [6.45, 7) is 3.56. The molecule has 1 heterocycles. The summed E-state index contributed by atoms with van der Waals surface area (Å²) in [4.78, 5) is 22.7. The third-order valence-electron chi connectivity index (χ3n) is 2.45. The monoisotopic (exact) mass is 240 g/mol. The summed E-state index contributed by atoms with van der Waals surface area (Å²) in [6, 6.07) is -0.864. The average Bonchev–Trinajstić information content (AvgIpc) is 2.70. The largest absolute Gasteiger partial charge is 0.480 e. The van der Waals surface area contributed by atoms with Crippen molar-refractivity contribution in [1.82, 2.24) is 10.5 Å². The van der Waals surface area contributed by atoms with Crippen molar-refractivity contribution >= 4 is 11.9 Å². The zero-order valence-electron chi connectivity index (χ0n) is 9.90. The third kappa shape index (κ3) is 3.58. The first kappa shape index (κ1) is 13.2. The van der Waals surface area contributed by atoms with Crippen molar-refractivity contribution in [3.8, 4) is 0 Å². The van der Waals surface area contributed by atoms with Crippen LogP contribution in [0.5, 0.6) is 0 Å². The Morgan fingerprint density at radius 3 is 2.76 bits per heavy atom. The van der Waals surface area contributed by atoms with E-state index in [1.807, 2.05) is 6.92 Å². The van der Waals surface area contributed by atoms with Crippen LogP contribution in [-0.2, 0) is 4.79 Å². The van der Waals surface area contributed by atoms with Gasteiger partial charge in [0.1, 0.15) is 17.4 Å². The van der Waals surface area contributed by atoms with Gasteiger partial charge < -0.3 is 14.9 Å². The summed E-state index contributed by atoms with van der Waals surface area (Å²) in [5, 5.41) is 14.9. The van der Waals surface area contributed by atoms with Gasteiger partial charge in [-0.1, -0.05) is 24.9 Å². The van der Waals surface area contributed by atoms with Crippen molar-refractivity contribution < 1.29 is 19.2 Å². The number of carbonyl (C=O) groups is 2. The Labute approximate surface area is 99.0 Å². The highest BCUT2D eigenvalue weighted by Crippen LogP contribution is 2.07. The van der Waals surface area contributed by atoms with E-state index in [1.54, 1.807) is 6.92 Å². The van der Waals surface area contributed by atoms with Crippen LogP contribution in [0.25, 0.3) is 0 Å². The Kier molecular flexibility index (Phi) is 4.68. The Morgan fingerprint density at radius 2 is 2.29 bits per heavy atom. The van der Waals surface area contributed by atoms with E-state index in [4.69, 9.17) is 9.63 Å². The first-order valence-electron chi connectivity index (χ1n) is 5.51. The minimum atomic E-state index is -1.03. The number of nitrogens with zero attached hydrogens (tertiary/aromatic N) is 1. The van der Waals surface area contributed by atoms with Crippen LogP contribution < -0.4 is 5.32 Å². The molecule has 0 bridgehead atoms. The van der Waals surface area contributed by atoms with Crippen LogP contribution in [0.4, 0.5) is 0 Å². The first-order valence-corrected chi connectivity index (χ1v) is 5.51. The number of unbranched alkanes of at least 4 members (excludes halogenated alkanes) is 1. The Hall–Kier alpha value is -1.85. The second kappa shape index (κ2) is 6.03. The molecule has 6 nitrogen and oxygen atoms in total. The summed E-state index contributed by atoms with van der Waals surface area (Å²) in [5.41, 5.74) is 0.271. The van der Waals surface area contributed by atoms with E-state index in [2.05, 4.69) is 10.5 Å². The van der Waals surface area contributed by atoms with Gasteiger partial charge in [0.25, 0.3) is 5.91 Å². The van der Waals surface area contributed by atoms with Gasteiger partial charge in [-0.2, -0.15) is 0 Å². The molecule has 0 spiro atoms. The third-order valence-corrected chi connectivity index (χ3v) is 2.45. The molecule has 1 atom stereocenters. The van der Waals surface area contributed by atoms with E-state index in [0.717, 1.165) is 12.8 Å². The zero-order valence-corrected chi connectivity index (χ0v) is 9.90. The zero-order chi connectivity index (χ0) is 12.8. The highest BCUT2D eigenvalue weighted by atomic mass is 16.5. The maximum Gasteiger partial charge on any atom is 0.326 e. The highest BCUT2D eigenvalue weighted by molar-refractivity contribution is 5.97. The number of hydrogen-bond donors (Lipinski definition) is 2. The fourth-order valence-corrected chi connectivity index (χ4v) is 1.42. The molecule has 1 amide bonds. The molecule has 0 aliphatic rings. The van der Waals surface area contributed by atoms with Crippen molar-refractivity contribution in [2.45, 2.75) is 39.2 Å². The van der Waals surface area contributed by atoms with Gasteiger partial charge in [0.2, 0.25) is 0 Å². The first-order chi connectivity index (χ1) is 8.06. The number of carboxylic acid groups (broad SMARTS) is 1. The van der Waals surface area contributed by atoms with Crippen molar-refractivity contribution in [3.05, 3.63) is 17.5 Å². The van der Waals surface area contributed by atoms with Crippen LogP contribution in [-0.4, -0.2) is 28.2 Å². The number of amides is 1. The second-order valence-electron chi connectivity index (χ2n) is 3.80. The molecule has 0 aliphatic heterocycles. The van der Waals surface area contributed by atoms with Gasteiger partial charge in [-0.25, -0.2) is 4.79 Å². The highest BCUT2D eigenvalue weighted by Gasteiger charge is 2.22. The number of carbonyl (C=O) groups excluding carboxylic acids is 1. The molecular weight excluding hydrogens is 224 g/mol. The fourth-order valence-electron chi connectivity index (χ4n) is 1.42. The van der Waals surface area contributed by atoms with Crippen molar-refractivity contribution in [3.63, 3.8) is 0 Å². The normalized spacial score (nSPS) is 12.1. The molecule has 0 radical (unpaired) electrons. The number of rotatable bonds is 6. The van der Waals surface area contributed by atoms with Gasteiger partial charge in [-0.15, -0.1) is 0 Å². The van der Waals surface area contributed by atoms with E-state index in [1.165, 1.54) is 6.20 Å². The topological polar surface area (TPSA) is 92.4 Å². The lowest BCUT2D eigenvalue weighted by Gasteiger charge is -2.13. The van der Waals surface area contributed by atoms with E-state index >= 15 is 0 Å². The lowest BCUT2D eigenvalue weighted by atomic mass is 10.1. The molecule has 0 aliphatic carbocycles. The number of nitrogens with one attached hydrogen (secondary N) is 1. The number of aliphatic carboxylic acids is 1. The van der Waals surface area contributed by atoms with E-state index in [-0.39, 0.29) is 5.56 Å². The quantitative estimate of drug-likeness (QED) is 0.783. The van der Waals surface area contributed by atoms with E-state index in [9.17, 15) is 9.59 Å². The molecule has 1 aromatic rings. The minimum absolute atomic E-state index is 0.271. The molecule has 1 aromatic heterocycles. The van der Waals surface area contributed by atoms with Crippen molar-refractivity contribution in [2.75, 3.05) is 0 Å². The maximum atomic E-state index is 11.7. The molecule has 0 fully saturated rings. The van der Waals surface area contributed by atoms with Gasteiger partial charge in [0.15, 0.2) is 0 Å². The smallest absolute Gasteiger partial charge is 0.326 e. The van der Waals surface area contributed by atoms with Gasteiger partial charge in [-0.05, 0) is 13.3 Å². The minimum Gasteiger partial charge on any atom is -0.480 e. The molecule has 0 saturated carbocycles. The molecule has 94 valence electrons. The molecule has 0 saturated heterocycles. The summed E-state index contributed by atoms with van der Waals surface area (Å²) >= 11 is 0. The Morgan fingerprint density at radius 1 is 1.59 bits per heavy atom. The van der Waals surface area contributed by atoms with Crippen LogP contribution in [0.3, 0.4) is 0 Å². The standard InChI is InChI=1S/C11H16N2O4/c1-3-4-5-9(11(15)16)13-10(14)8-6-12-17-7(8)2/h6,9H,3-5H2,1-2H3,(H,13,14)(H,15,16)/t9-/m0/s1. The summed E-state index contributed by atoms with van der Waals surface area (Å²) < 4.78 is 4.75. The summed E-state index contributed by atoms with van der Waals surface area (Å²) in [7, 11) is 0. The van der Waals surface area contributed by atoms with Gasteiger partial charge >= 0.3 is 5.97 Å². The molecule has 2 N–H and O–H groups in total. The molecule has 0 unspecified atom stereocenters. The molecule has 17 heavy (non-hydrogen) atoms. The van der Waals surface area contributed by atoms with Gasteiger partial charge in [-0.3, -0.25) is 4.79 Å². The van der Waals surface area contributed by atoms with Crippen LogP contribution in [0.2, 0.25) is 0 Å². The van der Waals surface area contributed by atoms with Gasteiger partial charge in [0, 0.05) is 0 Å². The van der Waals surface area contributed by atoms with Crippen LogP contribution >= 0.6 is 0 Å². The van der Waals surface area contributed by atoms with Gasteiger partial charge in [0.05, 0.1) is 6.20 Å². The Bertz CT molecular complexity index is 400. The van der Waals surface area contributed by atoms with Crippen molar-refractivity contribution in [1.29, 1.82) is 0 Å². The van der Waals surface area contributed by atoms with Crippen LogP contribution in [0.1, 0.15) is 42.3 Å². The number of hydrogen-bond acceptors (Lipinski definition) is 4. The lowest BCUT2D eigenvalue weighted by molar-refractivity contribution is -0.139. The van der Waals surface area contributed by atoms with Crippen LogP contribution in [0, 0.1) is 6.92 Å². The molecule has 0 aromatic carbocycles. The molecular formula is C11H16N2O4. The maximum absolute atomic E-state index is 11.7. The van der Waals surface area contributed by atoms with Crippen molar-refractivity contribution in [2.24, 2.45) is 0 Å². The SMILES string of the molecule is CCCC[C@H](NC(=O)c1cnoc1C)C(=O)O. The number of carboxylic acids is 1. The fraction of sp³-hybridized carbons (Fsp3) is 0.545. The van der Waals surface area contributed by atoms with Crippen LogP contribution in [0.15, 0.2) is 10.7 Å². The number of aryl methyl sites for hydroxylation is 1. The Balaban J connectivity index is 2.64. The van der Waals surface area contributed by atoms with E-state index in [0.29, 0.717) is 12.2 Å². The molecule has 6 heteroatoms. The predicted molar refractivity (Wildman–Crippen MR) is 59.7 cm³/mol. The lowest BCUT2D eigenvalue weighted by Crippen LogP contribution is -2.40. The number of aromatic nitrogens is 1. The van der Waals surface area contributed by atoms with E-state index < -0.39 is 17.9 Å². The molecule has 1 rings (SSSR count). The summed E-state index contributed by atoms with van der Waals surface area (Å²) in [5.74, 6) is -1.12. The average molecular weight is 240 g/mol. The summed E-state index contributed by atoms with van der Waals surface area (Å²) in [6.07, 6.45) is 3.33.